The molecule has 0 radical (unpaired) electrons. The smallest absolute Gasteiger partial charge is 0.308 e. The van der Waals surface area contributed by atoms with Crippen LogP contribution in [0.5, 0.6) is 0 Å². The second-order valence-electron chi connectivity index (χ2n) is 4.09. The molecule has 1 rings (SSSR count). The van der Waals surface area contributed by atoms with Crippen LogP contribution in [0.1, 0.15) is 24.2 Å². The summed E-state index contributed by atoms with van der Waals surface area (Å²) in [5.74, 6) is -2.18. The number of carboxylic acids is 1. The number of amides is 1. The minimum absolute atomic E-state index is 0.170. The topological polar surface area (TPSA) is 92.4 Å². The molecule has 2 atom stereocenters. The Balaban J connectivity index is 3.01. The summed E-state index contributed by atoms with van der Waals surface area (Å²) in [6.45, 7) is 3.29. The molecule has 0 aliphatic heterocycles. The minimum atomic E-state index is -0.919. The number of benzene rings is 1. The number of carboxylic acid groups (broad SMARTS) is 1. The van der Waals surface area contributed by atoms with Crippen LogP contribution in [0, 0.1) is 5.92 Å². The molecule has 0 aliphatic rings. The molecule has 4 N–H and O–H groups in total. The number of rotatable bonds is 5. The van der Waals surface area contributed by atoms with Crippen molar-refractivity contribution in [2.24, 2.45) is 11.7 Å². The average Bonchev–Trinajstić information content (AvgIpc) is 2.27. The lowest BCUT2D eigenvalue weighted by molar-refractivity contribution is -0.141. The third-order valence-electron chi connectivity index (χ3n) is 2.78. The summed E-state index contributed by atoms with van der Waals surface area (Å²) in [5.41, 5.74) is 5.86. The van der Waals surface area contributed by atoms with Crippen LogP contribution in [-0.2, 0) is 4.79 Å². The first kappa shape index (κ1) is 14.3. The van der Waals surface area contributed by atoms with Crippen molar-refractivity contribution in [3.63, 3.8) is 0 Å². The van der Waals surface area contributed by atoms with Crippen molar-refractivity contribution < 1.29 is 14.7 Å². The van der Waals surface area contributed by atoms with E-state index in [1.165, 1.54) is 0 Å². The quantitative estimate of drug-likeness (QED) is 0.762. The molecule has 0 heterocycles. The van der Waals surface area contributed by atoms with E-state index in [2.05, 4.69) is 5.32 Å². The lowest BCUT2D eigenvalue weighted by Gasteiger charge is -2.20. The van der Waals surface area contributed by atoms with Gasteiger partial charge < -0.3 is 16.2 Å². The number of carbonyl (C=O) groups excluding carboxylic acids is 1. The molecule has 1 aromatic carbocycles. The molecule has 18 heavy (non-hydrogen) atoms. The summed E-state index contributed by atoms with van der Waals surface area (Å²) in [6, 6.07) is 4.49. The van der Waals surface area contributed by atoms with Crippen LogP contribution in [0.3, 0.4) is 0 Å². The minimum Gasteiger partial charge on any atom is -0.481 e. The molecule has 98 valence electrons. The highest BCUT2D eigenvalue weighted by Gasteiger charge is 2.21. The molecule has 6 heteroatoms. The van der Waals surface area contributed by atoms with Crippen LogP contribution >= 0.6 is 11.6 Å². The number of nitrogens with two attached hydrogens (primary N) is 1. The van der Waals surface area contributed by atoms with E-state index in [0.29, 0.717) is 5.69 Å². The predicted octanol–water partition coefficient (Wildman–Crippen LogP) is 1.96. The molecule has 1 aromatic rings. The zero-order valence-electron chi connectivity index (χ0n) is 10.1. The van der Waals surface area contributed by atoms with Crippen molar-refractivity contribution in [2.75, 3.05) is 5.32 Å². The molecule has 1 amide bonds. The number of primary amides is 1. The van der Waals surface area contributed by atoms with Gasteiger partial charge in [0.15, 0.2) is 0 Å². The Morgan fingerprint density at radius 2 is 2.00 bits per heavy atom. The molecule has 0 aliphatic carbocycles. The van der Waals surface area contributed by atoms with E-state index in [9.17, 15) is 9.59 Å². The van der Waals surface area contributed by atoms with Crippen LogP contribution in [0.25, 0.3) is 0 Å². The van der Waals surface area contributed by atoms with Crippen LogP contribution in [0.15, 0.2) is 18.2 Å². The highest BCUT2D eigenvalue weighted by atomic mass is 35.5. The summed E-state index contributed by atoms with van der Waals surface area (Å²) in [7, 11) is 0. The number of carbonyl (C=O) groups is 2. The van der Waals surface area contributed by atoms with Gasteiger partial charge in [0.2, 0.25) is 0 Å². The van der Waals surface area contributed by atoms with E-state index in [1.807, 2.05) is 0 Å². The molecule has 0 aromatic heterocycles. The number of nitrogens with one attached hydrogen (secondary N) is 1. The van der Waals surface area contributed by atoms with Gasteiger partial charge in [0.25, 0.3) is 5.91 Å². The fourth-order valence-electron chi connectivity index (χ4n) is 1.48. The molecule has 0 fully saturated rings. The predicted molar refractivity (Wildman–Crippen MR) is 69.9 cm³/mol. The largest absolute Gasteiger partial charge is 0.481 e. The van der Waals surface area contributed by atoms with Gasteiger partial charge in [-0.3, -0.25) is 9.59 Å². The summed E-state index contributed by atoms with van der Waals surface area (Å²) >= 11 is 5.89. The first-order valence-electron chi connectivity index (χ1n) is 5.42. The normalized spacial score (nSPS) is 13.7. The summed E-state index contributed by atoms with van der Waals surface area (Å²) < 4.78 is 0. The Hall–Kier alpha value is -1.75. The van der Waals surface area contributed by atoms with Crippen molar-refractivity contribution in [2.45, 2.75) is 19.9 Å². The number of halogens is 1. The van der Waals surface area contributed by atoms with E-state index >= 15 is 0 Å². The highest BCUT2D eigenvalue weighted by Crippen LogP contribution is 2.25. The maximum atomic E-state index is 11.3. The molecule has 0 bridgehead atoms. The summed E-state index contributed by atoms with van der Waals surface area (Å²) in [4.78, 5) is 22.2. The van der Waals surface area contributed by atoms with Gasteiger partial charge in [-0.05, 0) is 26.0 Å². The maximum absolute atomic E-state index is 11.3. The fraction of sp³-hybridized carbons (Fsp3) is 0.333. The first-order chi connectivity index (χ1) is 8.34. The van der Waals surface area contributed by atoms with Crippen LogP contribution < -0.4 is 11.1 Å². The average molecular weight is 271 g/mol. The van der Waals surface area contributed by atoms with Gasteiger partial charge in [-0.1, -0.05) is 17.7 Å². The molecule has 0 spiro atoms. The van der Waals surface area contributed by atoms with Gasteiger partial charge >= 0.3 is 5.97 Å². The highest BCUT2D eigenvalue weighted by molar-refractivity contribution is 6.34. The Morgan fingerprint density at radius 3 is 2.50 bits per heavy atom. The third-order valence-corrected chi connectivity index (χ3v) is 3.10. The number of aliphatic carboxylic acids is 1. The standard InChI is InChI=1S/C12H15ClN2O3/c1-6(12(17)18)7(2)15-9-5-3-4-8(13)10(9)11(14)16/h3-7,15H,1-2H3,(H2,14,16)(H,17,18). The number of hydrogen-bond donors (Lipinski definition) is 3. The van der Waals surface area contributed by atoms with E-state index in [0.717, 1.165) is 0 Å². The van der Waals surface area contributed by atoms with E-state index < -0.39 is 17.8 Å². The van der Waals surface area contributed by atoms with Crippen molar-refractivity contribution in [3.05, 3.63) is 28.8 Å². The SMILES string of the molecule is CC(Nc1cccc(Cl)c1C(N)=O)C(C)C(=O)O. The van der Waals surface area contributed by atoms with Gasteiger partial charge in [0.05, 0.1) is 16.5 Å². The lowest BCUT2D eigenvalue weighted by Crippen LogP contribution is -2.30. The Kier molecular flexibility index (Phi) is 4.55. The second-order valence-corrected chi connectivity index (χ2v) is 4.49. The Morgan fingerprint density at radius 1 is 1.39 bits per heavy atom. The molecule has 2 unspecified atom stereocenters. The van der Waals surface area contributed by atoms with Gasteiger partial charge in [0.1, 0.15) is 0 Å². The van der Waals surface area contributed by atoms with Crippen molar-refractivity contribution in [3.8, 4) is 0 Å². The number of anilines is 1. The van der Waals surface area contributed by atoms with Crippen LogP contribution in [0.2, 0.25) is 5.02 Å². The Labute approximate surface area is 110 Å². The molecular weight excluding hydrogens is 256 g/mol. The summed E-state index contributed by atoms with van der Waals surface area (Å²) in [5, 5.41) is 12.1. The molecule has 0 saturated heterocycles. The zero-order chi connectivity index (χ0) is 13.9. The first-order valence-corrected chi connectivity index (χ1v) is 5.80. The summed E-state index contributed by atoms with van der Waals surface area (Å²) in [6.07, 6.45) is 0. The van der Waals surface area contributed by atoms with E-state index in [1.54, 1.807) is 32.0 Å². The second kappa shape index (κ2) is 5.73. The molecular formula is C12H15ClN2O3. The van der Waals surface area contributed by atoms with Gasteiger partial charge in [-0.15, -0.1) is 0 Å². The molecule has 0 saturated carbocycles. The maximum Gasteiger partial charge on any atom is 0.308 e. The van der Waals surface area contributed by atoms with Crippen molar-refractivity contribution >= 4 is 29.2 Å². The van der Waals surface area contributed by atoms with Crippen molar-refractivity contribution in [1.29, 1.82) is 0 Å². The van der Waals surface area contributed by atoms with E-state index in [4.69, 9.17) is 22.4 Å². The lowest BCUT2D eigenvalue weighted by atomic mass is 10.0. The fourth-order valence-corrected chi connectivity index (χ4v) is 1.75. The monoisotopic (exact) mass is 270 g/mol. The van der Waals surface area contributed by atoms with Crippen molar-refractivity contribution in [1.82, 2.24) is 0 Å². The van der Waals surface area contributed by atoms with E-state index in [-0.39, 0.29) is 16.6 Å². The zero-order valence-corrected chi connectivity index (χ0v) is 10.9. The van der Waals surface area contributed by atoms with Crippen LogP contribution in [-0.4, -0.2) is 23.0 Å². The van der Waals surface area contributed by atoms with Crippen LogP contribution in [0.4, 0.5) is 5.69 Å². The number of hydrogen-bond acceptors (Lipinski definition) is 3. The van der Waals surface area contributed by atoms with Gasteiger partial charge in [0, 0.05) is 11.7 Å². The van der Waals surface area contributed by atoms with Gasteiger partial charge in [-0.25, -0.2) is 0 Å². The van der Waals surface area contributed by atoms with Gasteiger partial charge in [-0.2, -0.15) is 0 Å². The molecule has 5 nitrogen and oxygen atoms in total. The third kappa shape index (κ3) is 3.13. The Bertz CT molecular complexity index is 476.